The Balaban J connectivity index is 1.38. The van der Waals surface area contributed by atoms with Crippen LogP contribution in [0.5, 0.6) is 11.5 Å². The van der Waals surface area contributed by atoms with E-state index in [4.69, 9.17) is 30.5 Å². The topological polar surface area (TPSA) is 95.0 Å². The van der Waals surface area contributed by atoms with Crippen LogP contribution in [0.4, 0.5) is 15.9 Å². The van der Waals surface area contributed by atoms with Crippen LogP contribution in [0.15, 0.2) is 36.7 Å². The summed E-state index contributed by atoms with van der Waals surface area (Å²) in [4.78, 5) is 22.7. The van der Waals surface area contributed by atoms with Gasteiger partial charge in [-0.25, -0.2) is 14.4 Å². The number of fused-ring (bicyclic) bond motifs is 1. The Hall–Kier alpha value is -3.21. The minimum absolute atomic E-state index is 0.0165. The van der Waals surface area contributed by atoms with Crippen LogP contribution in [-0.4, -0.2) is 72.0 Å². The Labute approximate surface area is 225 Å². The van der Waals surface area contributed by atoms with Crippen molar-refractivity contribution in [2.75, 3.05) is 44.8 Å². The Bertz CT molecular complexity index is 1320. The fraction of sp³-hybridized carbons (Fsp3) is 0.444. The highest BCUT2D eigenvalue weighted by atomic mass is 35.5. The molecule has 0 spiro atoms. The van der Waals surface area contributed by atoms with E-state index in [-0.39, 0.29) is 23.6 Å². The number of hydrogen-bond donors (Lipinski definition) is 1. The zero-order valence-electron chi connectivity index (χ0n) is 21.3. The monoisotopic (exact) mass is 544 g/mol. The molecule has 5 rings (SSSR count). The molecule has 2 aliphatic rings. The Kier molecular flexibility index (Phi) is 7.83. The summed E-state index contributed by atoms with van der Waals surface area (Å²) in [6.07, 6.45) is 3.39. The highest BCUT2D eigenvalue weighted by Gasteiger charge is 2.32. The number of morpholine rings is 1. The first-order valence-corrected chi connectivity index (χ1v) is 13.0. The van der Waals surface area contributed by atoms with Crippen molar-refractivity contribution in [2.24, 2.45) is 0 Å². The molecule has 2 saturated heterocycles. The molecule has 0 aliphatic carbocycles. The van der Waals surface area contributed by atoms with Gasteiger partial charge in [-0.1, -0.05) is 11.6 Å². The summed E-state index contributed by atoms with van der Waals surface area (Å²) in [5.74, 6) is 0.870. The van der Waals surface area contributed by atoms with Gasteiger partial charge in [0, 0.05) is 31.1 Å². The molecule has 2 aromatic carbocycles. The number of carbonyl (C=O) groups excluding carboxylic acids is 1. The maximum atomic E-state index is 13.5. The number of nitrogens with zero attached hydrogens (tertiary/aromatic N) is 3. The molecule has 0 saturated carbocycles. The van der Waals surface area contributed by atoms with Gasteiger partial charge in [-0.2, -0.15) is 0 Å². The number of carbonyl (C=O) groups is 1. The molecule has 11 heteroatoms. The predicted molar refractivity (Wildman–Crippen MR) is 141 cm³/mol. The zero-order valence-corrected chi connectivity index (χ0v) is 22.1. The number of esters is 1. The van der Waals surface area contributed by atoms with E-state index in [2.05, 4.69) is 15.3 Å². The van der Waals surface area contributed by atoms with Gasteiger partial charge in [-0.15, -0.1) is 0 Å². The lowest BCUT2D eigenvalue weighted by molar-refractivity contribution is -0.169. The van der Waals surface area contributed by atoms with Gasteiger partial charge in [0.05, 0.1) is 28.9 Å². The molecule has 0 amide bonds. The summed E-state index contributed by atoms with van der Waals surface area (Å²) in [5, 5.41) is 4.08. The third kappa shape index (κ3) is 6.43. The van der Waals surface area contributed by atoms with Crippen LogP contribution in [0, 0.1) is 5.82 Å². The molecule has 3 heterocycles. The Morgan fingerprint density at radius 3 is 2.82 bits per heavy atom. The molecule has 1 N–H and O–H groups in total. The van der Waals surface area contributed by atoms with E-state index < -0.39 is 11.4 Å². The number of rotatable bonds is 9. The normalized spacial score (nSPS) is 19.4. The molecule has 38 heavy (non-hydrogen) atoms. The highest BCUT2D eigenvalue weighted by molar-refractivity contribution is 6.33. The molecule has 202 valence electrons. The number of benzene rings is 2. The lowest BCUT2D eigenvalue weighted by Crippen LogP contribution is -2.51. The van der Waals surface area contributed by atoms with E-state index in [1.807, 2.05) is 24.8 Å². The number of halogens is 2. The number of cyclic esters (lactones) is 1. The highest BCUT2D eigenvalue weighted by Crippen LogP contribution is 2.36. The fourth-order valence-corrected chi connectivity index (χ4v) is 4.87. The molecule has 0 unspecified atom stereocenters. The Morgan fingerprint density at radius 2 is 2.05 bits per heavy atom. The summed E-state index contributed by atoms with van der Waals surface area (Å²) < 4.78 is 36.9. The minimum Gasteiger partial charge on any atom is -0.488 e. The molecular weight excluding hydrogens is 515 g/mol. The second-order valence-corrected chi connectivity index (χ2v) is 10.4. The lowest BCUT2D eigenvalue weighted by atomic mass is 10.1. The van der Waals surface area contributed by atoms with Crippen LogP contribution in [0.3, 0.4) is 0 Å². The molecule has 2 aliphatic heterocycles. The van der Waals surface area contributed by atoms with E-state index >= 15 is 0 Å². The summed E-state index contributed by atoms with van der Waals surface area (Å²) in [6.45, 7) is 6.62. The van der Waals surface area contributed by atoms with Gasteiger partial charge in [-0.05, 0) is 51.0 Å². The maximum absolute atomic E-state index is 13.5. The van der Waals surface area contributed by atoms with E-state index in [1.165, 1.54) is 18.5 Å². The van der Waals surface area contributed by atoms with Crippen LogP contribution >= 0.6 is 11.6 Å². The quantitative estimate of drug-likeness (QED) is 0.383. The molecule has 3 aromatic rings. The van der Waals surface area contributed by atoms with Crippen LogP contribution in [-0.2, 0) is 14.3 Å². The summed E-state index contributed by atoms with van der Waals surface area (Å²) in [5.41, 5.74) is 0.600. The number of aromatic nitrogens is 2. The van der Waals surface area contributed by atoms with Gasteiger partial charge in [0.1, 0.15) is 36.8 Å². The number of nitrogens with one attached hydrogen (secondary N) is 1. The van der Waals surface area contributed by atoms with Crippen LogP contribution in [0.2, 0.25) is 5.02 Å². The standard InChI is InChI=1S/C27H30ClFN4O5/c1-27(2)15-33(13-25(34)38-27)7-9-36-24-12-22-19(11-23(24)37-14-18-4-3-8-35-18)26(31-16-30-22)32-21-6-5-17(29)10-20(21)28/h5-6,10-12,16,18H,3-4,7-9,13-15H2,1-2H3,(H,30,31,32)/t18-/m0/s1. The van der Waals surface area contributed by atoms with Crippen LogP contribution in [0.1, 0.15) is 26.7 Å². The van der Waals surface area contributed by atoms with E-state index in [9.17, 15) is 9.18 Å². The summed E-state index contributed by atoms with van der Waals surface area (Å²) in [7, 11) is 0. The molecule has 0 radical (unpaired) electrons. The summed E-state index contributed by atoms with van der Waals surface area (Å²) in [6, 6.07) is 7.73. The van der Waals surface area contributed by atoms with Crippen molar-refractivity contribution < 1.29 is 28.1 Å². The average Bonchev–Trinajstić information content (AvgIpc) is 3.37. The number of anilines is 2. The van der Waals surface area contributed by atoms with Gasteiger partial charge >= 0.3 is 5.97 Å². The lowest BCUT2D eigenvalue weighted by Gasteiger charge is -2.37. The van der Waals surface area contributed by atoms with E-state index in [1.54, 1.807) is 12.1 Å². The van der Waals surface area contributed by atoms with E-state index in [0.29, 0.717) is 60.2 Å². The van der Waals surface area contributed by atoms with Crippen LogP contribution in [0.25, 0.3) is 10.9 Å². The second-order valence-electron chi connectivity index (χ2n) is 10.0. The minimum atomic E-state index is -0.540. The predicted octanol–water partition coefficient (Wildman–Crippen LogP) is 4.74. The van der Waals surface area contributed by atoms with Crippen molar-refractivity contribution in [2.45, 2.75) is 38.4 Å². The van der Waals surface area contributed by atoms with Crippen molar-refractivity contribution in [3.8, 4) is 11.5 Å². The van der Waals surface area contributed by atoms with Crippen molar-refractivity contribution >= 4 is 40.0 Å². The molecule has 0 bridgehead atoms. The maximum Gasteiger partial charge on any atom is 0.320 e. The molecular formula is C27H30ClFN4O5. The SMILES string of the molecule is CC1(C)CN(CCOc2cc3ncnc(Nc4ccc(F)cc4Cl)c3cc2OC[C@@H]2CCCO2)CC(=O)O1. The van der Waals surface area contributed by atoms with Gasteiger partial charge in [0.15, 0.2) is 11.5 Å². The third-order valence-electron chi connectivity index (χ3n) is 6.35. The number of hydrogen-bond acceptors (Lipinski definition) is 9. The molecule has 9 nitrogen and oxygen atoms in total. The first-order chi connectivity index (χ1) is 18.3. The third-order valence-corrected chi connectivity index (χ3v) is 6.66. The Morgan fingerprint density at radius 1 is 1.21 bits per heavy atom. The van der Waals surface area contributed by atoms with Gasteiger partial charge in [0.25, 0.3) is 0 Å². The average molecular weight is 545 g/mol. The second kappa shape index (κ2) is 11.3. The first kappa shape index (κ1) is 26.4. The van der Waals surface area contributed by atoms with Gasteiger partial charge in [-0.3, -0.25) is 9.69 Å². The van der Waals surface area contributed by atoms with Crippen molar-refractivity contribution in [3.63, 3.8) is 0 Å². The molecule has 1 atom stereocenters. The molecule has 2 fully saturated rings. The number of ether oxygens (including phenoxy) is 4. The van der Waals surface area contributed by atoms with Gasteiger partial charge in [0.2, 0.25) is 0 Å². The first-order valence-electron chi connectivity index (χ1n) is 12.6. The largest absolute Gasteiger partial charge is 0.488 e. The fourth-order valence-electron chi connectivity index (χ4n) is 4.66. The molecule has 1 aromatic heterocycles. The smallest absolute Gasteiger partial charge is 0.320 e. The van der Waals surface area contributed by atoms with Gasteiger partial charge < -0.3 is 24.3 Å². The zero-order chi connectivity index (χ0) is 26.7. The van der Waals surface area contributed by atoms with Crippen molar-refractivity contribution in [1.82, 2.24) is 14.9 Å². The van der Waals surface area contributed by atoms with Crippen molar-refractivity contribution in [3.05, 3.63) is 47.5 Å². The van der Waals surface area contributed by atoms with E-state index in [0.717, 1.165) is 19.4 Å². The van der Waals surface area contributed by atoms with Crippen LogP contribution < -0.4 is 14.8 Å². The van der Waals surface area contributed by atoms with Crippen molar-refractivity contribution in [1.29, 1.82) is 0 Å². The summed E-state index contributed by atoms with van der Waals surface area (Å²) >= 11 is 6.22.